The number of halogens is 2. The monoisotopic (exact) mass is 271 g/mol. The molecule has 0 saturated heterocycles. The highest BCUT2D eigenvalue weighted by Crippen LogP contribution is 2.29. The van der Waals surface area contributed by atoms with Crippen molar-refractivity contribution in [3.05, 3.63) is 39.6 Å². The number of nitrogens with zero attached hydrogens (tertiary/aromatic N) is 2. The van der Waals surface area contributed by atoms with Crippen LogP contribution in [0.25, 0.3) is 0 Å². The van der Waals surface area contributed by atoms with E-state index >= 15 is 0 Å². The zero-order valence-electron chi connectivity index (χ0n) is 9.15. The molecule has 0 aliphatic heterocycles. The largest absolute Gasteiger partial charge is 0.397 e. The molecule has 0 aliphatic rings. The Morgan fingerprint density at radius 2 is 2.29 bits per heavy atom. The number of anilines is 2. The minimum Gasteiger partial charge on any atom is -0.397 e. The van der Waals surface area contributed by atoms with Gasteiger partial charge in [-0.15, -0.1) is 11.3 Å². The minimum absolute atomic E-state index is 0.0355. The number of rotatable bonds is 3. The molecule has 0 spiro atoms. The molecule has 2 aromatic rings. The normalized spacial score (nSPS) is 10.5. The summed E-state index contributed by atoms with van der Waals surface area (Å²) in [6, 6.07) is 2.76. The number of hydrogen-bond acceptors (Lipinski definition) is 4. The van der Waals surface area contributed by atoms with Crippen LogP contribution in [0.1, 0.15) is 5.69 Å². The van der Waals surface area contributed by atoms with Crippen molar-refractivity contribution in [1.82, 2.24) is 4.98 Å². The van der Waals surface area contributed by atoms with Crippen molar-refractivity contribution in [2.45, 2.75) is 6.54 Å². The molecule has 6 heteroatoms. The Morgan fingerprint density at radius 3 is 2.94 bits per heavy atom. The second-order valence-corrected chi connectivity index (χ2v) is 4.79. The van der Waals surface area contributed by atoms with Gasteiger partial charge in [-0.25, -0.2) is 9.37 Å². The topological polar surface area (TPSA) is 42.2 Å². The van der Waals surface area contributed by atoms with Gasteiger partial charge in [-0.05, 0) is 6.07 Å². The molecule has 1 aromatic carbocycles. The number of hydrogen-bond donors (Lipinski definition) is 1. The Kier molecular flexibility index (Phi) is 3.49. The van der Waals surface area contributed by atoms with E-state index < -0.39 is 5.82 Å². The summed E-state index contributed by atoms with van der Waals surface area (Å²) in [5.74, 6) is -0.471. The van der Waals surface area contributed by atoms with Crippen molar-refractivity contribution in [2.24, 2.45) is 0 Å². The van der Waals surface area contributed by atoms with Crippen molar-refractivity contribution >= 4 is 34.3 Å². The highest BCUT2D eigenvalue weighted by atomic mass is 35.5. The molecule has 0 saturated carbocycles. The molecular weight excluding hydrogens is 261 g/mol. The van der Waals surface area contributed by atoms with Gasteiger partial charge < -0.3 is 10.6 Å². The maximum atomic E-state index is 13.4. The predicted octanol–water partition coefficient (Wildman–Crippen LogP) is 3.15. The van der Waals surface area contributed by atoms with Crippen molar-refractivity contribution in [1.29, 1.82) is 0 Å². The molecule has 1 aromatic heterocycles. The van der Waals surface area contributed by atoms with Gasteiger partial charge in [0.1, 0.15) is 5.82 Å². The summed E-state index contributed by atoms with van der Waals surface area (Å²) in [5.41, 5.74) is 9.56. The van der Waals surface area contributed by atoms with E-state index in [9.17, 15) is 4.39 Å². The fraction of sp³-hybridized carbons (Fsp3) is 0.182. The van der Waals surface area contributed by atoms with E-state index in [0.717, 1.165) is 5.69 Å². The quantitative estimate of drug-likeness (QED) is 0.872. The van der Waals surface area contributed by atoms with E-state index in [2.05, 4.69) is 4.98 Å². The Balaban J connectivity index is 2.24. The van der Waals surface area contributed by atoms with Gasteiger partial charge in [0.05, 0.1) is 34.1 Å². The summed E-state index contributed by atoms with van der Waals surface area (Å²) in [6.45, 7) is 0.578. The Morgan fingerprint density at radius 1 is 1.53 bits per heavy atom. The van der Waals surface area contributed by atoms with Gasteiger partial charge >= 0.3 is 0 Å². The van der Waals surface area contributed by atoms with Gasteiger partial charge in [-0.2, -0.15) is 0 Å². The summed E-state index contributed by atoms with van der Waals surface area (Å²) in [6.07, 6.45) is 0. The van der Waals surface area contributed by atoms with Crippen LogP contribution in [0.4, 0.5) is 15.8 Å². The van der Waals surface area contributed by atoms with Crippen molar-refractivity contribution < 1.29 is 4.39 Å². The molecule has 0 unspecified atom stereocenters. The molecular formula is C11H11ClFN3S. The molecule has 17 heavy (non-hydrogen) atoms. The van der Waals surface area contributed by atoms with E-state index in [1.807, 2.05) is 17.3 Å². The molecule has 0 fully saturated rings. The second-order valence-electron chi connectivity index (χ2n) is 3.66. The standard InChI is InChI=1S/C11H11ClFN3S/c1-16(4-7-5-17-6-15-7)11-3-9(13)8(12)2-10(11)14/h2-3,5-6H,4,14H2,1H3. The van der Waals surface area contributed by atoms with E-state index in [-0.39, 0.29) is 5.02 Å². The molecule has 2 rings (SSSR count). The summed E-state index contributed by atoms with van der Waals surface area (Å²) in [5, 5.41) is 1.98. The molecule has 0 radical (unpaired) electrons. The number of nitrogens with two attached hydrogens (primary N) is 1. The summed E-state index contributed by atoms with van der Waals surface area (Å²) < 4.78 is 13.4. The average Bonchev–Trinajstić information content (AvgIpc) is 2.76. The Labute approximate surface area is 108 Å². The maximum absolute atomic E-state index is 13.4. The number of thiazole rings is 1. The highest BCUT2D eigenvalue weighted by molar-refractivity contribution is 7.07. The first-order chi connectivity index (χ1) is 8.08. The van der Waals surface area contributed by atoms with Crippen LogP contribution in [-0.4, -0.2) is 12.0 Å². The Hall–Kier alpha value is -1.33. The van der Waals surface area contributed by atoms with Gasteiger partial charge in [0.25, 0.3) is 0 Å². The van der Waals surface area contributed by atoms with E-state index in [1.54, 1.807) is 5.51 Å². The number of benzene rings is 1. The lowest BCUT2D eigenvalue weighted by molar-refractivity contribution is 0.627. The summed E-state index contributed by atoms with van der Waals surface area (Å²) in [7, 11) is 1.83. The van der Waals surface area contributed by atoms with Crippen molar-refractivity contribution in [3.8, 4) is 0 Å². The van der Waals surface area contributed by atoms with E-state index in [0.29, 0.717) is 17.9 Å². The third kappa shape index (κ3) is 2.68. The lowest BCUT2D eigenvalue weighted by Crippen LogP contribution is -2.18. The van der Waals surface area contributed by atoms with Gasteiger partial charge in [-0.1, -0.05) is 11.6 Å². The summed E-state index contributed by atoms with van der Waals surface area (Å²) in [4.78, 5) is 6.00. The van der Waals surface area contributed by atoms with Crippen LogP contribution in [0, 0.1) is 5.82 Å². The fourth-order valence-corrected chi connectivity index (χ4v) is 2.25. The van der Waals surface area contributed by atoms with Crippen molar-refractivity contribution in [3.63, 3.8) is 0 Å². The maximum Gasteiger partial charge on any atom is 0.144 e. The fourth-order valence-electron chi connectivity index (χ4n) is 1.53. The first kappa shape index (κ1) is 12.1. The molecule has 90 valence electrons. The van der Waals surface area contributed by atoms with Gasteiger partial charge in [-0.3, -0.25) is 0 Å². The number of nitrogen functional groups attached to an aromatic ring is 1. The van der Waals surface area contributed by atoms with Crippen LogP contribution in [-0.2, 0) is 6.54 Å². The first-order valence-electron chi connectivity index (χ1n) is 4.90. The average molecular weight is 272 g/mol. The molecule has 1 heterocycles. The van der Waals surface area contributed by atoms with Crippen LogP contribution in [0.2, 0.25) is 5.02 Å². The van der Waals surface area contributed by atoms with Crippen molar-refractivity contribution in [2.75, 3.05) is 17.7 Å². The third-order valence-corrected chi connectivity index (χ3v) is 3.29. The van der Waals surface area contributed by atoms with Crippen LogP contribution < -0.4 is 10.6 Å². The van der Waals surface area contributed by atoms with Gasteiger partial charge in [0.15, 0.2) is 0 Å². The summed E-state index contributed by atoms with van der Waals surface area (Å²) >= 11 is 7.17. The SMILES string of the molecule is CN(Cc1cscn1)c1cc(F)c(Cl)cc1N. The molecule has 2 N–H and O–H groups in total. The van der Waals surface area contributed by atoms with Crippen LogP contribution in [0.3, 0.4) is 0 Å². The van der Waals surface area contributed by atoms with E-state index in [1.165, 1.54) is 23.5 Å². The minimum atomic E-state index is -0.471. The lowest BCUT2D eigenvalue weighted by atomic mass is 10.2. The highest BCUT2D eigenvalue weighted by Gasteiger charge is 2.11. The Bertz CT molecular complexity index is 516. The number of aromatic nitrogens is 1. The third-order valence-electron chi connectivity index (χ3n) is 2.36. The zero-order valence-corrected chi connectivity index (χ0v) is 10.7. The van der Waals surface area contributed by atoms with Crippen LogP contribution in [0.15, 0.2) is 23.0 Å². The van der Waals surface area contributed by atoms with E-state index in [4.69, 9.17) is 17.3 Å². The second kappa shape index (κ2) is 4.89. The zero-order chi connectivity index (χ0) is 12.4. The first-order valence-corrected chi connectivity index (χ1v) is 6.22. The molecule has 0 bridgehead atoms. The molecule has 0 amide bonds. The van der Waals surface area contributed by atoms with Crippen LogP contribution >= 0.6 is 22.9 Å². The van der Waals surface area contributed by atoms with Gasteiger partial charge in [0.2, 0.25) is 0 Å². The lowest BCUT2D eigenvalue weighted by Gasteiger charge is -2.20. The van der Waals surface area contributed by atoms with Gasteiger partial charge in [0, 0.05) is 18.5 Å². The predicted molar refractivity (Wildman–Crippen MR) is 70.0 cm³/mol. The molecule has 3 nitrogen and oxygen atoms in total. The van der Waals surface area contributed by atoms with Crippen LogP contribution in [0.5, 0.6) is 0 Å². The molecule has 0 aliphatic carbocycles. The smallest absolute Gasteiger partial charge is 0.144 e. The molecule has 0 atom stereocenters.